The summed E-state index contributed by atoms with van der Waals surface area (Å²) in [5, 5.41) is 31.1. The summed E-state index contributed by atoms with van der Waals surface area (Å²) in [4.78, 5) is 61.4. The summed E-state index contributed by atoms with van der Waals surface area (Å²) in [6, 6.07) is 5.79. The number of piperazine rings is 1. The van der Waals surface area contributed by atoms with Crippen molar-refractivity contribution in [3.05, 3.63) is 101 Å². The van der Waals surface area contributed by atoms with Crippen molar-refractivity contribution < 1.29 is 82.8 Å². The molecule has 0 spiro atoms. The van der Waals surface area contributed by atoms with Crippen LogP contribution in [-0.4, -0.2) is 155 Å². The normalized spacial score (nSPS) is 17.5. The summed E-state index contributed by atoms with van der Waals surface area (Å²) in [5.41, 5.74) is -4.69. The predicted octanol–water partition coefficient (Wildman–Crippen LogP) is 6.78. The number of benzene rings is 2. The van der Waals surface area contributed by atoms with Gasteiger partial charge in [0.05, 0.1) is 42.4 Å². The van der Waals surface area contributed by atoms with E-state index < -0.39 is 115 Å². The fourth-order valence-corrected chi connectivity index (χ4v) is 9.25. The third-order valence-electron chi connectivity index (χ3n) is 14.2. The molecule has 2 aliphatic heterocycles. The topological polar surface area (TPSA) is 216 Å². The van der Waals surface area contributed by atoms with Gasteiger partial charge in [-0.05, 0) is 95.0 Å². The highest BCUT2D eigenvalue weighted by atomic mass is 19.4. The van der Waals surface area contributed by atoms with E-state index in [2.05, 4.69) is 41.8 Å². The van der Waals surface area contributed by atoms with Crippen molar-refractivity contribution in [2.24, 2.45) is 10.8 Å². The Morgan fingerprint density at radius 2 is 1.39 bits per heavy atom. The Balaban J connectivity index is 1.31. The molecule has 0 radical (unpaired) electrons. The number of methoxy groups -OCH3 is 2. The van der Waals surface area contributed by atoms with Crippen molar-refractivity contribution in [3.8, 4) is 23.1 Å². The first-order valence-electron chi connectivity index (χ1n) is 24.8. The number of aliphatic hydroxyl groups excluding tert-OH is 1. The average molecular weight is 1140 g/mol. The van der Waals surface area contributed by atoms with Gasteiger partial charge in [-0.25, -0.2) is 33.0 Å². The number of alkyl halides is 8. The zero-order valence-electron chi connectivity index (χ0n) is 44.1. The molecule has 6 unspecified atom stereocenters. The number of ether oxygens (including phenoxy) is 2. The van der Waals surface area contributed by atoms with Gasteiger partial charge in [-0.1, -0.05) is 24.0 Å². The molecule has 2 aromatic heterocycles. The first kappa shape index (κ1) is 62.0. The molecule has 0 aliphatic carbocycles. The van der Waals surface area contributed by atoms with Crippen LogP contribution in [0.3, 0.4) is 0 Å². The molecule has 28 heteroatoms. The van der Waals surface area contributed by atoms with Crippen LogP contribution in [0.5, 0.6) is 0 Å². The zero-order chi connectivity index (χ0) is 59.1. The van der Waals surface area contributed by atoms with Crippen molar-refractivity contribution in [2.45, 2.75) is 109 Å². The smallest absolute Gasteiger partial charge is 0.407 e. The van der Waals surface area contributed by atoms with Crippen LogP contribution in [0.25, 0.3) is 11.3 Å². The number of amides is 4. The van der Waals surface area contributed by atoms with E-state index in [4.69, 9.17) is 4.74 Å². The summed E-state index contributed by atoms with van der Waals surface area (Å²) in [6.45, 7) is -0.242. The lowest BCUT2D eigenvalue weighted by molar-refractivity contribution is -0.221. The molecule has 4 aromatic rings. The molecular formula is C52H60F10N10O8. The molecule has 6 N–H and O–H groups in total. The Kier molecular flexibility index (Phi) is 19.7. The van der Waals surface area contributed by atoms with Crippen LogP contribution >= 0.6 is 0 Å². The van der Waals surface area contributed by atoms with Gasteiger partial charge in [0.2, 0.25) is 5.91 Å². The first-order valence-corrected chi connectivity index (χ1v) is 24.8. The molecule has 4 amide bonds. The quantitative estimate of drug-likeness (QED) is 0.0289. The van der Waals surface area contributed by atoms with Gasteiger partial charge in [0.25, 0.3) is 5.91 Å². The Morgan fingerprint density at radius 1 is 0.812 bits per heavy atom. The highest BCUT2D eigenvalue weighted by Crippen LogP contribution is 2.42. The number of aromatic nitrogens is 3. The molecule has 2 saturated heterocycles. The van der Waals surface area contributed by atoms with Gasteiger partial charge in [0.1, 0.15) is 29.5 Å². The standard InChI is InChI=1S/C52H60F10N10O8/c1-49(2,51(57,58)59)42(66-48(78)80-6)44(74)64-39(21-30-10-7-29(8-11-30)9-12-31-13-16-41(63-24-31)69-25-33-14-15-34(26-69)71(33)19-20-79-5)40(73)28-70(68-45(75)43(65-47(76)77)50(3,4)52(60,61)62)27-35-36(53)22-32(23-37(35)54)38-17-18-72(67-38)46(55)56/h7-8,10-11,13,16-18,22-24,33-34,39-40,42-43,46,65,73H,14-15,19-21,25-28H2,1-6H3,(H,64,74)(H,66,78)(H,68,75)(H,76,77). The van der Waals surface area contributed by atoms with Crippen molar-refractivity contribution in [1.82, 2.24) is 46.0 Å². The first-order chi connectivity index (χ1) is 37.4. The van der Waals surface area contributed by atoms with Gasteiger partial charge in [-0.15, -0.1) is 0 Å². The van der Waals surface area contributed by atoms with Crippen LogP contribution in [0.1, 0.15) is 69.3 Å². The van der Waals surface area contributed by atoms with Crippen molar-refractivity contribution >= 4 is 29.8 Å². The molecule has 18 nitrogen and oxygen atoms in total. The van der Waals surface area contributed by atoms with Crippen LogP contribution in [0, 0.1) is 34.3 Å². The second-order valence-corrected chi connectivity index (χ2v) is 20.4. The maximum absolute atomic E-state index is 16.0. The van der Waals surface area contributed by atoms with Gasteiger partial charge in [0, 0.05) is 86.6 Å². The lowest BCUT2D eigenvalue weighted by Gasteiger charge is -2.41. The summed E-state index contributed by atoms with van der Waals surface area (Å²) in [5.74, 6) is 0.578. The number of hydrazine groups is 1. The number of rotatable bonds is 21. The molecule has 2 fully saturated rings. The second kappa shape index (κ2) is 25.5. The number of hydrogen-bond acceptors (Lipinski definition) is 12. The highest BCUT2D eigenvalue weighted by molar-refractivity contribution is 5.87. The number of nitrogens with zero attached hydrogens (tertiary/aromatic N) is 6. The Bertz CT molecular complexity index is 2840. The van der Waals surface area contributed by atoms with Gasteiger partial charge in [-0.2, -0.15) is 40.2 Å². The molecule has 80 heavy (non-hydrogen) atoms. The minimum atomic E-state index is -5.29. The minimum absolute atomic E-state index is 0.187. The van der Waals surface area contributed by atoms with E-state index in [0.29, 0.717) is 74.7 Å². The van der Waals surface area contributed by atoms with E-state index in [9.17, 15) is 64.5 Å². The van der Waals surface area contributed by atoms with E-state index >= 15 is 8.78 Å². The van der Waals surface area contributed by atoms with Crippen molar-refractivity contribution in [3.63, 3.8) is 0 Å². The maximum atomic E-state index is 16.0. The van der Waals surface area contributed by atoms with Gasteiger partial charge < -0.3 is 40.5 Å². The van der Waals surface area contributed by atoms with Crippen LogP contribution in [0.15, 0.2) is 67.0 Å². The molecule has 0 saturated carbocycles. The largest absolute Gasteiger partial charge is 0.465 e. The van der Waals surface area contributed by atoms with Gasteiger partial charge in [-0.3, -0.25) is 19.9 Å². The Labute approximate surface area is 453 Å². The van der Waals surface area contributed by atoms with E-state index in [-0.39, 0.29) is 21.5 Å². The number of nitrogens with one attached hydrogen (secondary N) is 4. The lowest BCUT2D eigenvalue weighted by Crippen LogP contribution is -2.63. The highest BCUT2D eigenvalue weighted by Gasteiger charge is 2.57. The number of halogens is 10. The Morgan fingerprint density at radius 3 is 1.90 bits per heavy atom. The summed E-state index contributed by atoms with van der Waals surface area (Å²) in [7, 11) is 2.49. The fraction of sp³-hybridized carbons (Fsp3) is 0.500. The third kappa shape index (κ3) is 15.0. The molecule has 6 rings (SSSR count). The molecule has 436 valence electrons. The summed E-state index contributed by atoms with van der Waals surface area (Å²) < 4.78 is 155. The summed E-state index contributed by atoms with van der Waals surface area (Å²) in [6.07, 6.45) is -12.1. The SMILES string of the molecule is COCCN1C2CCC1CN(c1ccc(C#Cc3ccc(CC(NC(=O)C(NC(=O)OC)C(C)(C)C(F)(F)F)C(O)CN(Cc4c(F)cc(-c5ccn(C(F)F)n5)cc4F)NC(=O)C(NC(=O)O)C(C)(C)C(F)(F)F)cc3)cn1)C2. The molecule has 2 aliphatic rings. The Hall–Kier alpha value is -7.22. The van der Waals surface area contributed by atoms with E-state index in [1.165, 1.54) is 29.6 Å². The van der Waals surface area contributed by atoms with E-state index in [0.717, 1.165) is 57.7 Å². The van der Waals surface area contributed by atoms with Crippen LogP contribution < -0.4 is 26.3 Å². The van der Waals surface area contributed by atoms with E-state index in [1.807, 2.05) is 22.9 Å². The molecule has 2 aromatic carbocycles. The number of carbonyl (C=O) groups is 4. The van der Waals surface area contributed by atoms with Crippen LogP contribution in [-0.2, 0) is 32.0 Å². The monoisotopic (exact) mass is 1140 g/mol. The molecule has 6 atom stereocenters. The van der Waals surface area contributed by atoms with Crippen molar-refractivity contribution in [1.29, 1.82) is 0 Å². The number of hydrogen-bond donors (Lipinski definition) is 6. The van der Waals surface area contributed by atoms with Gasteiger partial charge in [0.15, 0.2) is 0 Å². The molecule has 2 bridgehead atoms. The number of anilines is 1. The van der Waals surface area contributed by atoms with Gasteiger partial charge >= 0.3 is 31.1 Å². The fourth-order valence-electron chi connectivity index (χ4n) is 9.25. The van der Waals surface area contributed by atoms with Crippen LogP contribution in [0.2, 0.25) is 0 Å². The second-order valence-electron chi connectivity index (χ2n) is 20.4. The predicted molar refractivity (Wildman–Crippen MR) is 267 cm³/mol. The molecule has 4 heterocycles. The third-order valence-corrected chi connectivity index (χ3v) is 14.2. The van der Waals surface area contributed by atoms with Crippen LogP contribution in [0.4, 0.5) is 59.3 Å². The van der Waals surface area contributed by atoms with E-state index in [1.54, 1.807) is 13.3 Å². The number of alkyl carbamates (subject to hydrolysis) is 1. The average Bonchev–Trinajstić information content (AvgIpc) is 4.08. The minimum Gasteiger partial charge on any atom is -0.465 e. The molecular weight excluding hydrogens is 1080 g/mol. The lowest BCUT2D eigenvalue weighted by atomic mass is 9.82. The zero-order valence-corrected chi connectivity index (χ0v) is 44.1. The van der Waals surface area contributed by atoms with Crippen molar-refractivity contribution in [2.75, 3.05) is 51.9 Å². The number of pyridine rings is 1. The number of carbonyl (C=O) groups excluding carboxylic acids is 3. The number of carboxylic acid groups (broad SMARTS) is 1. The number of aliphatic hydroxyl groups is 1. The number of fused-ring (bicyclic) bond motifs is 2. The summed E-state index contributed by atoms with van der Waals surface area (Å²) >= 11 is 0. The maximum Gasteiger partial charge on any atom is 0.407 e.